The Bertz CT molecular complexity index is 1010. The van der Waals surface area contributed by atoms with Crippen LogP contribution in [0.1, 0.15) is 39.0 Å². The van der Waals surface area contributed by atoms with Crippen molar-refractivity contribution in [3.05, 3.63) is 65.8 Å². The van der Waals surface area contributed by atoms with E-state index in [0.29, 0.717) is 10.9 Å². The van der Waals surface area contributed by atoms with Gasteiger partial charge in [0.25, 0.3) is 0 Å². The summed E-state index contributed by atoms with van der Waals surface area (Å²) in [6, 6.07) is 17.1. The van der Waals surface area contributed by atoms with Crippen LogP contribution in [0.15, 0.2) is 60.8 Å². The van der Waals surface area contributed by atoms with Gasteiger partial charge in [-0.3, -0.25) is 4.98 Å². The van der Waals surface area contributed by atoms with Crippen molar-refractivity contribution in [2.45, 2.75) is 51.2 Å². The molecule has 0 bridgehead atoms. The zero-order valence-electron chi connectivity index (χ0n) is 17.7. The number of carbonyl (C=O) groups is 1. The first-order chi connectivity index (χ1) is 15.1. The van der Waals surface area contributed by atoms with Crippen molar-refractivity contribution >= 4 is 34.2 Å². The van der Waals surface area contributed by atoms with Crippen molar-refractivity contribution in [3.63, 3.8) is 0 Å². The number of halogens is 1. The zero-order valence-corrected chi connectivity index (χ0v) is 18.4. The number of anilines is 1. The molecule has 4 rings (SSSR count). The third-order valence-electron chi connectivity index (χ3n) is 6.05. The van der Waals surface area contributed by atoms with Crippen molar-refractivity contribution < 1.29 is 9.53 Å². The quantitative estimate of drug-likeness (QED) is 0.467. The molecule has 2 N–H and O–H groups in total. The average Bonchev–Trinajstić information content (AvgIpc) is 2.80. The fourth-order valence-electron chi connectivity index (χ4n) is 4.38. The molecule has 2 amide bonds. The van der Waals surface area contributed by atoms with E-state index in [2.05, 4.69) is 28.6 Å². The van der Waals surface area contributed by atoms with Crippen LogP contribution in [0.5, 0.6) is 5.75 Å². The van der Waals surface area contributed by atoms with E-state index in [0.717, 1.165) is 54.4 Å². The Morgan fingerprint density at radius 1 is 1.10 bits per heavy atom. The molecule has 1 fully saturated rings. The number of ether oxygens (including phenoxy) is 1. The first kappa shape index (κ1) is 21.4. The Hall–Kier alpha value is -2.79. The minimum atomic E-state index is -0.171. The van der Waals surface area contributed by atoms with Crippen LogP contribution in [0.2, 0.25) is 5.02 Å². The topological polar surface area (TPSA) is 63.2 Å². The van der Waals surface area contributed by atoms with Gasteiger partial charge in [0.2, 0.25) is 0 Å². The molecule has 1 unspecified atom stereocenters. The number of aromatic nitrogens is 1. The number of para-hydroxylation sites is 1. The standard InChI is InChI=1S/C25H28ClN3O2/c1-2-22(29-25(30)28-19-11-9-18(26)10-12-19)17-7-13-20(14-8-17)31-24-15-16-27-23-6-4-3-5-21(23)24/h3-6,9-12,15-17,20,22H,2,7-8,13-14H2,1H3,(H2,28,29,30). The van der Waals surface area contributed by atoms with E-state index in [1.807, 2.05) is 24.3 Å². The summed E-state index contributed by atoms with van der Waals surface area (Å²) in [5.41, 5.74) is 1.69. The summed E-state index contributed by atoms with van der Waals surface area (Å²) in [5, 5.41) is 7.75. The summed E-state index contributed by atoms with van der Waals surface area (Å²) < 4.78 is 6.35. The van der Waals surface area contributed by atoms with Crippen LogP contribution in [0, 0.1) is 5.92 Å². The number of benzene rings is 2. The van der Waals surface area contributed by atoms with Gasteiger partial charge < -0.3 is 15.4 Å². The summed E-state index contributed by atoms with van der Waals surface area (Å²) >= 11 is 5.91. The lowest BCUT2D eigenvalue weighted by atomic mass is 9.81. The van der Waals surface area contributed by atoms with E-state index in [9.17, 15) is 4.79 Å². The van der Waals surface area contributed by atoms with Crippen LogP contribution in [0.25, 0.3) is 10.9 Å². The molecule has 1 saturated carbocycles. The van der Waals surface area contributed by atoms with E-state index >= 15 is 0 Å². The van der Waals surface area contributed by atoms with Gasteiger partial charge in [-0.2, -0.15) is 0 Å². The lowest BCUT2D eigenvalue weighted by molar-refractivity contribution is 0.119. The number of nitrogens with one attached hydrogen (secondary N) is 2. The number of carbonyl (C=O) groups excluding carboxylic acids is 1. The van der Waals surface area contributed by atoms with Crippen molar-refractivity contribution in [1.29, 1.82) is 0 Å². The highest BCUT2D eigenvalue weighted by molar-refractivity contribution is 6.30. The third kappa shape index (κ3) is 5.47. The number of amides is 2. The molecule has 2 aromatic carbocycles. The maximum absolute atomic E-state index is 12.5. The fourth-order valence-corrected chi connectivity index (χ4v) is 4.51. The van der Waals surface area contributed by atoms with E-state index in [4.69, 9.17) is 16.3 Å². The lowest BCUT2D eigenvalue weighted by Crippen LogP contribution is -2.44. The van der Waals surface area contributed by atoms with E-state index < -0.39 is 0 Å². The van der Waals surface area contributed by atoms with Crippen LogP contribution >= 0.6 is 11.6 Å². The van der Waals surface area contributed by atoms with Gasteiger partial charge in [0.15, 0.2) is 0 Å². The number of hydrogen-bond donors (Lipinski definition) is 2. The fraction of sp³-hybridized carbons (Fsp3) is 0.360. The second-order valence-electron chi connectivity index (χ2n) is 8.10. The Labute approximate surface area is 188 Å². The van der Waals surface area contributed by atoms with Crippen LogP contribution < -0.4 is 15.4 Å². The molecular formula is C25H28ClN3O2. The first-order valence-corrected chi connectivity index (χ1v) is 11.3. The Morgan fingerprint density at radius 2 is 1.84 bits per heavy atom. The Kier molecular flexibility index (Phi) is 6.92. The van der Waals surface area contributed by atoms with Crippen molar-refractivity contribution in [1.82, 2.24) is 10.3 Å². The number of fused-ring (bicyclic) bond motifs is 1. The molecule has 1 atom stereocenters. The molecule has 0 spiro atoms. The summed E-state index contributed by atoms with van der Waals surface area (Å²) in [6.07, 6.45) is 6.94. The van der Waals surface area contributed by atoms with Crippen LogP contribution in [0.4, 0.5) is 10.5 Å². The zero-order chi connectivity index (χ0) is 21.6. The Balaban J connectivity index is 1.30. The molecule has 0 radical (unpaired) electrons. The molecular weight excluding hydrogens is 410 g/mol. The van der Waals surface area contributed by atoms with E-state index in [1.54, 1.807) is 30.5 Å². The predicted octanol–water partition coefficient (Wildman–Crippen LogP) is 6.43. The van der Waals surface area contributed by atoms with Crippen LogP contribution in [-0.2, 0) is 0 Å². The highest BCUT2D eigenvalue weighted by Crippen LogP contribution is 2.32. The second-order valence-corrected chi connectivity index (χ2v) is 8.54. The Morgan fingerprint density at radius 3 is 2.58 bits per heavy atom. The average molecular weight is 438 g/mol. The van der Waals surface area contributed by atoms with E-state index in [1.165, 1.54) is 0 Å². The summed E-state index contributed by atoms with van der Waals surface area (Å²) in [6.45, 7) is 2.12. The molecule has 31 heavy (non-hydrogen) atoms. The van der Waals surface area contributed by atoms with Gasteiger partial charge in [-0.05, 0) is 80.5 Å². The SMILES string of the molecule is CCC(NC(=O)Nc1ccc(Cl)cc1)C1CCC(Oc2ccnc3ccccc23)CC1. The van der Waals surface area contributed by atoms with Crippen molar-refractivity contribution in [2.75, 3.05) is 5.32 Å². The smallest absolute Gasteiger partial charge is 0.319 e. The molecule has 0 saturated heterocycles. The summed E-state index contributed by atoms with van der Waals surface area (Å²) in [4.78, 5) is 16.9. The van der Waals surface area contributed by atoms with Crippen LogP contribution in [-0.4, -0.2) is 23.2 Å². The van der Waals surface area contributed by atoms with Gasteiger partial charge in [-0.15, -0.1) is 0 Å². The number of nitrogens with zero attached hydrogens (tertiary/aromatic N) is 1. The molecule has 162 valence electrons. The maximum atomic E-state index is 12.5. The summed E-state index contributed by atoms with van der Waals surface area (Å²) in [7, 11) is 0. The molecule has 1 heterocycles. The highest BCUT2D eigenvalue weighted by atomic mass is 35.5. The van der Waals surface area contributed by atoms with Gasteiger partial charge in [0, 0.05) is 28.3 Å². The maximum Gasteiger partial charge on any atom is 0.319 e. The van der Waals surface area contributed by atoms with Crippen molar-refractivity contribution in [2.24, 2.45) is 5.92 Å². The summed E-state index contributed by atoms with van der Waals surface area (Å²) in [5.74, 6) is 1.36. The number of hydrogen-bond acceptors (Lipinski definition) is 3. The van der Waals surface area contributed by atoms with Gasteiger partial charge in [-0.25, -0.2) is 4.79 Å². The van der Waals surface area contributed by atoms with Crippen molar-refractivity contribution in [3.8, 4) is 5.75 Å². The van der Waals surface area contributed by atoms with Gasteiger partial charge in [-0.1, -0.05) is 30.7 Å². The van der Waals surface area contributed by atoms with Crippen LogP contribution in [0.3, 0.4) is 0 Å². The molecule has 1 aliphatic rings. The third-order valence-corrected chi connectivity index (χ3v) is 6.30. The van der Waals surface area contributed by atoms with Gasteiger partial charge in [0.1, 0.15) is 5.75 Å². The normalized spacial score (nSPS) is 19.5. The monoisotopic (exact) mass is 437 g/mol. The second kappa shape index (κ2) is 10.0. The lowest BCUT2D eigenvalue weighted by Gasteiger charge is -2.34. The van der Waals surface area contributed by atoms with Gasteiger partial charge in [0.05, 0.1) is 11.6 Å². The number of urea groups is 1. The van der Waals surface area contributed by atoms with E-state index in [-0.39, 0.29) is 18.2 Å². The molecule has 3 aromatic rings. The molecule has 0 aliphatic heterocycles. The number of pyridine rings is 1. The molecule has 6 heteroatoms. The first-order valence-electron chi connectivity index (χ1n) is 11.0. The predicted molar refractivity (Wildman–Crippen MR) is 126 cm³/mol. The minimum Gasteiger partial charge on any atom is -0.490 e. The number of rotatable bonds is 6. The molecule has 1 aromatic heterocycles. The molecule has 5 nitrogen and oxygen atoms in total. The van der Waals surface area contributed by atoms with Gasteiger partial charge >= 0.3 is 6.03 Å². The highest BCUT2D eigenvalue weighted by Gasteiger charge is 2.29. The largest absolute Gasteiger partial charge is 0.490 e. The minimum absolute atomic E-state index is 0.148. The molecule has 1 aliphatic carbocycles.